The van der Waals surface area contributed by atoms with Gasteiger partial charge in [-0.15, -0.1) is 5.10 Å². The maximum absolute atomic E-state index is 12.3. The minimum atomic E-state index is -3.91. The van der Waals surface area contributed by atoms with Crippen LogP contribution in [0, 0.1) is 13.8 Å². The first kappa shape index (κ1) is 15.6. The molecule has 21 heavy (non-hydrogen) atoms. The summed E-state index contributed by atoms with van der Waals surface area (Å²) in [6, 6.07) is 4.56. The fourth-order valence-corrected chi connectivity index (χ4v) is 3.05. The quantitative estimate of drug-likeness (QED) is 0.878. The van der Waals surface area contributed by atoms with Crippen LogP contribution in [0.5, 0.6) is 0 Å². The van der Waals surface area contributed by atoms with Crippen molar-refractivity contribution in [1.29, 1.82) is 0 Å². The molecule has 1 aromatic carbocycles. The zero-order valence-electron chi connectivity index (χ0n) is 11.5. The molecule has 0 atom stereocenters. The number of nitrogens with two attached hydrogens (primary N) is 1. The third-order valence-electron chi connectivity index (χ3n) is 2.84. The van der Waals surface area contributed by atoms with E-state index in [0.717, 1.165) is 0 Å². The molecule has 0 unspecified atom stereocenters. The molecule has 7 nitrogen and oxygen atoms in total. The molecule has 0 aliphatic heterocycles. The fraction of sp³-hybridized carbons (Fsp3) is 0.250. The third kappa shape index (κ3) is 3.46. The second kappa shape index (κ2) is 5.92. The van der Waals surface area contributed by atoms with Crippen LogP contribution in [0.3, 0.4) is 0 Å². The highest BCUT2D eigenvalue weighted by Gasteiger charge is 2.20. The maximum atomic E-state index is 12.3. The molecule has 0 amide bonds. The summed E-state index contributed by atoms with van der Waals surface area (Å²) in [5.41, 5.74) is 7.37. The van der Waals surface area contributed by atoms with Gasteiger partial charge in [-0.2, -0.15) is 5.10 Å². The molecule has 112 valence electrons. The van der Waals surface area contributed by atoms with Crippen LogP contribution in [-0.2, 0) is 16.6 Å². The van der Waals surface area contributed by atoms with Gasteiger partial charge in [0.25, 0.3) is 16.0 Å². The van der Waals surface area contributed by atoms with Gasteiger partial charge in [0, 0.05) is 6.54 Å². The Kier molecular flexibility index (Phi) is 4.40. The molecule has 0 saturated carbocycles. The molecule has 1 aromatic heterocycles. The lowest BCUT2D eigenvalue weighted by Gasteiger charge is -2.09. The van der Waals surface area contributed by atoms with Crippen LogP contribution >= 0.6 is 11.6 Å². The Bertz CT molecular complexity index is 779. The van der Waals surface area contributed by atoms with Crippen LogP contribution in [0.15, 0.2) is 23.1 Å². The van der Waals surface area contributed by atoms with Gasteiger partial charge in [-0.3, -0.25) is 0 Å². The van der Waals surface area contributed by atoms with Crippen LogP contribution in [0.2, 0.25) is 5.02 Å². The molecular formula is C12H14ClN5O2S. The van der Waals surface area contributed by atoms with Crippen molar-refractivity contribution < 1.29 is 8.42 Å². The van der Waals surface area contributed by atoms with Gasteiger partial charge in [-0.05, 0) is 31.5 Å². The van der Waals surface area contributed by atoms with Gasteiger partial charge in [0.2, 0.25) is 0 Å². The fourth-order valence-electron chi connectivity index (χ4n) is 1.56. The minimum absolute atomic E-state index is 0.0751. The molecule has 2 rings (SSSR count). The van der Waals surface area contributed by atoms with Crippen molar-refractivity contribution in [3.63, 3.8) is 0 Å². The van der Waals surface area contributed by atoms with Gasteiger partial charge >= 0.3 is 0 Å². The van der Waals surface area contributed by atoms with Crippen LogP contribution in [0.4, 0.5) is 5.95 Å². The largest absolute Gasteiger partial charge is 0.326 e. The topological polar surface area (TPSA) is 111 Å². The van der Waals surface area contributed by atoms with Crippen LogP contribution in [0.1, 0.15) is 17.0 Å². The number of anilines is 1. The summed E-state index contributed by atoms with van der Waals surface area (Å²) in [6.07, 6.45) is 0. The average Bonchev–Trinajstić information content (AvgIpc) is 2.43. The van der Waals surface area contributed by atoms with Gasteiger partial charge in [0.05, 0.1) is 16.4 Å². The molecule has 1 heterocycles. The van der Waals surface area contributed by atoms with Gasteiger partial charge in [-0.25, -0.2) is 18.1 Å². The highest BCUT2D eigenvalue weighted by molar-refractivity contribution is 7.92. The Hall–Kier alpha value is -1.77. The summed E-state index contributed by atoms with van der Waals surface area (Å²) in [4.78, 5) is 3.95. The first-order valence-electron chi connectivity index (χ1n) is 6.02. The Morgan fingerprint density at radius 1 is 1.24 bits per heavy atom. The number of aryl methyl sites for hydroxylation is 2. The maximum Gasteiger partial charge on any atom is 0.265 e. The Morgan fingerprint density at radius 2 is 1.95 bits per heavy atom. The molecule has 0 radical (unpaired) electrons. The first-order valence-corrected chi connectivity index (χ1v) is 7.89. The number of nitrogens with zero attached hydrogens (tertiary/aromatic N) is 3. The van der Waals surface area contributed by atoms with Gasteiger partial charge < -0.3 is 5.73 Å². The van der Waals surface area contributed by atoms with Crippen molar-refractivity contribution in [3.05, 3.63) is 40.2 Å². The van der Waals surface area contributed by atoms with E-state index in [0.29, 0.717) is 17.0 Å². The van der Waals surface area contributed by atoms with Gasteiger partial charge in [0.1, 0.15) is 4.90 Å². The van der Waals surface area contributed by atoms with E-state index in [1.807, 2.05) is 0 Å². The van der Waals surface area contributed by atoms with E-state index in [2.05, 4.69) is 19.9 Å². The van der Waals surface area contributed by atoms with E-state index >= 15 is 0 Å². The average molecular weight is 328 g/mol. The van der Waals surface area contributed by atoms with Crippen LogP contribution in [0.25, 0.3) is 0 Å². The van der Waals surface area contributed by atoms with Crippen molar-refractivity contribution in [2.45, 2.75) is 25.3 Å². The van der Waals surface area contributed by atoms with E-state index in [1.54, 1.807) is 19.9 Å². The van der Waals surface area contributed by atoms with Gasteiger partial charge in [-0.1, -0.05) is 17.7 Å². The summed E-state index contributed by atoms with van der Waals surface area (Å²) in [5.74, 6) is -0.104. The summed E-state index contributed by atoms with van der Waals surface area (Å²) >= 11 is 5.94. The monoisotopic (exact) mass is 327 g/mol. The third-order valence-corrected chi connectivity index (χ3v) is 4.65. The van der Waals surface area contributed by atoms with Crippen LogP contribution in [-0.4, -0.2) is 23.6 Å². The highest BCUT2D eigenvalue weighted by Crippen LogP contribution is 2.24. The number of nitrogens with one attached hydrogen (secondary N) is 1. The predicted molar refractivity (Wildman–Crippen MR) is 79.5 cm³/mol. The van der Waals surface area contributed by atoms with E-state index in [-0.39, 0.29) is 22.4 Å². The molecule has 0 aliphatic rings. The smallest absolute Gasteiger partial charge is 0.265 e. The molecule has 0 saturated heterocycles. The standard InChI is InChI=1S/C12H14ClN5O2S/c1-7-8(2)16-17-12(15-7)18-21(19,20)11-5-9(6-14)3-4-10(11)13/h3-5H,6,14H2,1-2H3,(H,15,17,18). The zero-order chi connectivity index (χ0) is 15.6. The summed E-state index contributed by atoms with van der Waals surface area (Å²) < 4.78 is 26.9. The number of sulfonamides is 1. The molecular weight excluding hydrogens is 314 g/mol. The van der Waals surface area contributed by atoms with Crippen molar-refractivity contribution in [3.8, 4) is 0 Å². The molecule has 3 N–H and O–H groups in total. The number of halogens is 1. The molecule has 0 spiro atoms. The normalized spacial score (nSPS) is 11.4. The van der Waals surface area contributed by atoms with Crippen molar-refractivity contribution in [2.75, 3.05) is 4.72 Å². The Morgan fingerprint density at radius 3 is 2.57 bits per heavy atom. The molecule has 0 fully saturated rings. The Labute approximate surface area is 127 Å². The van der Waals surface area contributed by atoms with Crippen LogP contribution < -0.4 is 10.5 Å². The van der Waals surface area contributed by atoms with Crippen molar-refractivity contribution in [1.82, 2.24) is 15.2 Å². The number of hydrogen-bond donors (Lipinski definition) is 2. The summed E-state index contributed by atoms with van der Waals surface area (Å²) in [6.45, 7) is 3.65. The number of hydrogen-bond acceptors (Lipinski definition) is 6. The summed E-state index contributed by atoms with van der Waals surface area (Å²) in [7, 11) is -3.91. The molecule has 2 aromatic rings. The second-order valence-electron chi connectivity index (χ2n) is 4.38. The van der Waals surface area contributed by atoms with E-state index < -0.39 is 10.0 Å². The number of aromatic nitrogens is 3. The van der Waals surface area contributed by atoms with E-state index in [1.165, 1.54) is 12.1 Å². The van der Waals surface area contributed by atoms with Crippen molar-refractivity contribution in [2.24, 2.45) is 5.73 Å². The summed E-state index contributed by atoms with van der Waals surface area (Å²) in [5, 5.41) is 7.62. The number of rotatable bonds is 4. The van der Waals surface area contributed by atoms with E-state index in [4.69, 9.17) is 17.3 Å². The van der Waals surface area contributed by atoms with E-state index in [9.17, 15) is 8.42 Å². The minimum Gasteiger partial charge on any atom is -0.326 e. The molecule has 9 heteroatoms. The van der Waals surface area contributed by atoms with Crippen molar-refractivity contribution >= 4 is 27.6 Å². The SMILES string of the molecule is Cc1nnc(NS(=O)(=O)c2cc(CN)ccc2Cl)nc1C. The first-order chi connectivity index (χ1) is 9.83. The predicted octanol–water partition coefficient (Wildman–Crippen LogP) is 1.40. The number of benzene rings is 1. The lowest BCUT2D eigenvalue weighted by atomic mass is 10.2. The second-order valence-corrected chi connectivity index (χ2v) is 6.44. The zero-order valence-corrected chi connectivity index (χ0v) is 13.0. The molecule has 0 bridgehead atoms. The van der Waals surface area contributed by atoms with Gasteiger partial charge in [0.15, 0.2) is 0 Å². The lowest BCUT2D eigenvalue weighted by Crippen LogP contribution is -2.17. The lowest BCUT2D eigenvalue weighted by molar-refractivity contribution is 0.600. The highest BCUT2D eigenvalue weighted by atomic mass is 35.5. The molecule has 0 aliphatic carbocycles. The Balaban J connectivity index is 2.40.